The average molecular weight is 424 g/mol. The molecule has 0 amide bonds. The first-order valence-electron chi connectivity index (χ1n) is 8.82. The van der Waals surface area contributed by atoms with E-state index in [0.29, 0.717) is 28.4 Å². The molecule has 1 aromatic heterocycles. The van der Waals surface area contributed by atoms with Crippen molar-refractivity contribution in [2.45, 2.75) is 25.6 Å². The highest BCUT2D eigenvalue weighted by Crippen LogP contribution is 2.35. The van der Waals surface area contributed by atoms with Crippen LogP contribution >= 0.6 is 23.2 Å². The number of benzene rings is 1. The number of hydrogen-bond acceptors (Lipinski definition) is 5. The molecule has 1 aromatic carbocycles. The number of anilines is 1. The SMILES string of the molecule is CC(Oc1cc(C#CC2CCNCC2O)cnc1N)c1c(Cl)ccc(F)c1Cl. The molecule has 0 saturated carbocycles. The maximum atomic E-state index is 13.8. The summed E-state index contributed by atoms with van der Waals surface area (Å²) in [6.07, 6.45) is 1.15. The van der Waals surface area contributed by atoms with Crippen LogP contribution in [0.4, 0.5) is 10.2 Å². The second-order valence-electron chi connectivity index (χ2n) is 6.56. The van der Waals surface area contributed by atoms with Crippen molar-refractivity contribution < 1.29 is 14.2 Å². The third-order valence-corrected chi connectivity index (χ3v) is 5.24. The van der Waals surface area contributed by atoms with Gasteiger partial charge in [-0.3, -0.25) is 0 Å². The average Bonchev–Trinajstić information content (AvgIpc) is 2.67. The minimum Gasteiger partial charge on any atom is -0.482 e. The van der Waals surface area contributed by atoms with Crippen LogP contribution in [0, 0.1) is 23.6 Å². The number of piperidine rings is 1. The summed E-state index contributed by atoms with van der Waals surface area (Å²) in [7, 11) is 0. The molecular formula is C20H20Cl2FN3O2. The maximum absolute atomic E-state index is 13.8. The number of nitrogens with two attached hydrogens (primary N) is 1. The van der Waals surface area contributed by atoms with Gasteiger partial charge in [0.05, 0.1) is 11.1 Å². The number of β-amino-alcohol motifs (C(OH)–C–C–N with tert-alkyl or cyclic N) is 1. The Kier molecular flexibility index (Phi) is 6.63. The van der Waals surface area contributed by atoms with E-state index in [-0.39, 0.29) is 16.8 Å². The van der Waals surface area contributed by atoms with Crippen molar-refractivity contribution in [3.05, 3.63) is 51.4 Å². The Bertz CT molecular complexity index is 930. The highest BCUT2D eigenvalue weighted by molar-refractivity contribution is 6.36. The van der Waals surface area contributed by atoms with Gasteiger partial charge in [0.2, 0.25) is 0 Å². The Hall–Kier alpha value is -2.04. The molecule has 1 aliphatic rings. The predicted molar refractivity (Wildman–Crippen MR) is 108 cm³/mol. The lowest BCUT2D eigenvalue weighted by molar-refractivity contribution is 0.109. The van der Waals surface area contributed by atoms with Gasteiger partial charge in [0.15, 0.2) is 11.6 Å². The van der Waals surface area contributed by atoms with Crippen LogP contribution in [0.15, 0.2) is 24.4 Å². The van der Waals surface area contributed by atoms with Gasteiger partial charge < -0.3 is 20.9 Å². The molecule has 4 N–H and O–H groups in total. The van der Waals surface area contributed by atoms with E-state index in [2.05, 4.69) is 22.1 Å². The summed E-state index contributed by atoms with van der Waals surface area (Å²) in [5.74, 6) is 5.86. The van der Waals surface area contributed by atoms with E-state index in [4.69, 9.17) is 33.7 Å². The summed E-state index contributed by atoms with van der Waals surface area (Å²) in [6.45, 7) is 3.04. The first-order valence-corrected chi connectivity index (χ1v) is 9.58. The normalized spacial score (nSPS) is 20.2. The fourth-order valence-corrected chi connectivity index (χ4v) is 3.65. The van der Waals surface area contributed by atoms with Gasteiger partial charge >= 0.3 is 0 Å². The molecule has 0 spiro atoms. The number of aliphatic hydroxyl groups is 1. The Morgan fingerprint density at radius 3 is 2.96 bits per heavy atom. The maximum Gasteiger partial charge on any atom is 0.166 e. The second kappa shape index (κ2) is 8.97. The third kappa shape index (κ3) is 4.68. The Labute approximate surface area is 173 Å². The zero-order chi connectivity index (χ0) is 20.3. The topological polar surface area (TPSA) is 80.4 Å². The van der Waals surface area contributed by atoms with Crippen LogP contribution in [0.2, 0.25) is 10.0 Å². The first kappa shape index (κ1) is 20.7. The van der Waals surface area contributed by atoms with Crippen molar-refractivity contribution in [1.29, 1.82) is 0 Å². The van der Waals surface area contributed by atoms with E-state index < -0.39 is 18.0 Å². The number of pyridine rings is 1. The molecule has 0 bridgehead atoms. The molecule has 5 nitrogen and oxygen atoms in total. The van der Waals surface area contributed by atoms with Crippen molar-refractivity contribution >= 4 is 29.0 Å². The molecular weight excluding hydrogens is 404 g/mol. The third-order valence-electron chi connectivity index (χ3n) is 4.52. The van der Waals surface area contributed by atoms with Crippen molar-refractivity contribution in [2.75, 3.05) is 18.8 Å². The van der Waals surface area contributed by atoms with Crippen LogP contribution in [-0.2, 0) is 0 Å². The molecule has 1 aliphatic heterocycles. The molecule has 2 aromatic rings. The lowest BCUT2D eigenvalue weighted by Gasteiger charge is -2.24. The molecule has 3 unspecified atom stereocenters. The Morgan fingerprint density at radius 2 is 2.21 bits per heavy atom. The van der Waals surface area contributed by atoms with Crippen LogP contribution in [0.1, 0.15) is 30.6 Å². The van der Waals surface area contributed by atoms with Gasteiger partial charge in [0.25, 0.3) is 0 Å². The molecule has 2 heterocycles. The van der Waals surface area contributed by atoms with Crippen molar-refractivity contribution in [2.24, 2.45) is 5.92 Å². The summed E-state index contributed by atoms with van der Waals surface area (Å²) < 4.78 is 19.6. The summed E-state index contributed by atoms with van der Waals surface area (Å²) in [4.78, 5) is 4.11. The summed E-state index contributed by atoms with van der Waals surface area (Å²) in [5, 5.41) is 13.3. The standard InChI is InChI=1S/C20H20Cl2FN3O2/c1-11(18-14(21)4-5-15(23)19(18)22)28-17-8-12(9-26-20(17)24)2-3-13-6-7-25-10-16(13)27/h4-5,8-9,11,13,16,25,27H,6-7,10H2,1H3,(H2,24,26). The number of aliphatic hydroxyl groups excluding tert-OH is 1. The number of rotatable bonds is 3. The smallest absolute Gasteiger partial charge is 0.166 e. The van der Waals surface area contributed by atoms with Gasteiger partial charge in [-0.05, 0) is 32.0 Å². The number of halogens is 3. The molecule has 3 atom stereocenters. The first-order chi connectivity index (χ1) is 13.4. The summed E-state index contributed by atoms with van der Waals surface area (Å²) >= 11 is 12.2. The van der Waals surface area contributed by atoms with Gasteiger partial charge in [-0.1, -0.05) is 35.0 Å². The van der Waals surface area contributed by atoms with E-state index in [1.165, 1.54) is 18.3 Å². The molecule has 28 heavy (non-hydrogen) atoms. The van der Waals surface area contributed by atoms with Gasteiger partial charge in [0, 0.05) is 40.9 Å². The number of nitrogens with one attached hydrogen (secondary N) is 1. The van der Waals surface area contributed by atoms with E-state index >= 15 is 0 Å². The van der Waals surface area contributed by atoms with Gasteiger partial charge in [-0.25, -0.2) is 9.37 Å². The zero-order valence-corrected chi connectivity index (χ0v) is 16.7. The van der Waals surface area contributed by atoms with Crippen LogP contribution in [0.5, 0.6) is 5.75 Å². The molecule has 1 fully saturated rings. The van der Waals surface area contributed by atoms with E-state index in [0.717, 1.165) is 13.0 Å². The molecule has 0 radical (unpaired) electrons. The lowest BCUT2D eigenvalue weighted by Crippen LogP contribution is -2.39. The fraction of sp³-hybridized carbons (Fsp3) is 0.350. The Balaban J connectivity index is 1.82. The van der Waals surface area contributed by atoms with Crippen molar-refractivity contribution in [3.8, 4) is 17.6 Å². The fourth-order valence-electron chi connectivity index (χ4n) is 2.97. The quantitative estimate of drug-likeness (QED) is 0.519. The minimum absolute atomic E-state index is 0.0950. The highest BCUT2D eigenvalue weighted by Gasteiger charge is 2.21. The summed E-state index contributed by atoms with van der Waals surface area (Å²) in [5.41, 5.74) is 6.84. The van der Waals surface area contributed by atoms with Crippen LogP contribution < -0.4 is 15.8 Å². The number of aromatic nitrogens is 1. The monoisotopic (exact) mass is 423 g/mol. The number of ether oxygens (including phenoxy) is 1. The predicted octanol–water partition coefficient (Wildman–Crippen LogP) is 3.57. The molecule has 0 aliphatic carbocycles. The minimum atomic E-state index is -0.658. The molecule has 148 valence electrons. The van der Waals surface area contributed by atoms with Gasteiger partial charge in [-0.2, -0.15) is 0 Å². The largest absolute Gasteiger partial charge is 0.482 e. The van der Waals surface area contributed by atoms with Gasteiger partial charge in [0.1, 0.15) is 11.9 Å². The summed E-state index contributed by atoms with van der Waals surface area (Å²) in [6, 6.07) is 4.27. The number of nitrogen functional groups attached to an aromatic ring is 1. The van der Waals surface area contributed by atoms with Crippen molar-refractivity contribution in [1.82, 2.24) is 10.3 Å². The van der Waals surface area contributed by atoms with E-state index in [1.54, 1.807) is 13.0 Å². The molecule has 1 saturated heterocycles. The highest BCUT2D eigenvalue weighted by atomic mass is 35.5. The second-order valence-corrected chi connectivity index (χ2v) is 7.35. The number of hydrogen-bond donors (Lipinski definition) is 3. The zero-order valence-electron chi connectivity index (χ0n) is 15.2. The van der Waals surface area contributed by atoms with Gasteiger partial charge in [-0.15, -0.1) is 0 Å². The van der Waals surface area contributed by atoms with Crippen molar-refractivity contribution in [3.63, 3.8) is 0 Å². The number of nitrogens with zero attached hydrogens (tertiary/aromatic N) is 1. The molecule has 3 rings (SSSR count). The van der Waals surface area contributed by atoms with E-state index in [9.17, 15) is 9.50 Å². The van der Waals surface area contributed by atoms with Crippen LogP contribution in [0.3, 0.4) is 0 Å². The molecule has 8 heteroatoms. The van der Waals surface area contributed by atoms with Crippen LogP contribution in [-0.4, -0.2) is 29.3 Å². The Morgan fingerprint density at radius 1 is 1.43 bits per heavy atom. The lowest BCUT2D eigenvalue weighted by atomic mass is 9.95. The van der Waals surface area contributed by atoms with E-state index in [1.807, 2.05) is 0 Å². The van der Waals surface area contributed by atoms with Crippen LogP contribution in [0.25, 0.3) is 0 Å².